The molecule has 1 saturated heterocycles. The molecular formula is C27H33N5O4. The second kappa shape index (κ2) is 10.6. The second-order valence-electron chi connectivity index (χ2n) is 10.0. The third-order valence-electron chi connectivity index (χ3n) is 6.60. The Labute approximate surface area is 211 Å². The molecule has 0 saturated carbocycles. The summed E-state index contributed by atoms with van der Waals surface area (Å²) < 4.78 is 5.83. The monoisotopic (exact) mass is 491 g/mol. The quantitative estimate of drug-likeness (QED) is 0.489. The molecule has 2 aliphatic heterocycles. The number of hydrogen-bond donors (Lipinski definition) is 3. The van der Waals surface area contributed by atoms with E-state index in [1.54, 1.807) is 18.7 Å². The summed E-state index contributed by atoms with van der Waals surface area (Å²) in [5.74, 6) is -0.990. The van der Waals surface area contributed by atoms with Crippen LogP contribution in [0.2, 0.25) is 0 Å². The summed E-state index contributed by atoms with van der Waals surface area (Å²) in [6.45, 7) is 3.99. The van der Waals surface area contributed by atoms with Gasteiger partial charge in [0.1, 0.15) is 11.5 Å². The van der Waals surface area contributed by atoms with Crippen molar-refractivity contribution in [2.45, 2.75) is 44.9 Å². The Kier molecular flexibility index (Phi) is 7.51. The standard InChI is InChI=1S/C27H33N5O4/c1-26(2,28)24(34)29-21(17-36-16-20-11-7-4-8-12-20)23(33)32-14-13-22-27(18-32,25(35)31-30-22)15-19-9-5-3-6-10-19/h3-12,21H,13-18,28H2,1-2H3,(H,29,34)(H,31,35)/t21-,27+/m1/s1. The van der Waals surface area contributed by atoms with Crippen molar-refractivity contribution in [1.29, 1.82) is 0 Å². The van der Waals surface area contributed by atoms with Crippen molar-refractivity contribution in [3.05, 3.63) is 71.8 Å². The van der Waals surface area contributed by atoms with Crippen molar-refractivity contribution in [2.75, 3.05) is 19.7 Å². The van der Waals surface area contributed by atoms with Crippen molar-refractivity contribution in [3.8, 4) is 0 Å². The van der Waals surface area contributed by atoms with Gasteiger partial charge in [-0.2, -0.15) is 5.10 Å². The van der Waals surface area contributed by atoms with Gasteiger partial charge in [0.05, 0.1) is 24.5 Å². The van der Waals surface area contributed by atoms with Crippen LogP contribution in [-0.4, -0.2) is 59.6 Å². The molecule has 36 heavy (non-hydrogen) atoms. The molecule has 2 atom stereocenters. The highest BCUT2D eigenvalue weighted by molar-refractivity contribution is 6.13. The topological polar surface area (TPSA) is 126 Å². The minimum Gasteiger partial charge on any atom is -0.374 e. The Morgan fingerprint density at radius 2 is 1.78 bits per heavy atom. The normalized spacial score (nSPS) is 20.2. The van der Waals surface area contributed by atoms with E-state index in [1.807, 2.05) is 60.7 Å². The first kappa shape index (κ1) is 25.5. The van der Waals surface area contributed by atoms with E-state index in [2.05, 4.69) is 15.8 Å². The number of rotatable bonds is 9. The summed E-state index contributed by atoms with van der Waals surface area (Å²) in [6, 6.07) is 18.3. The third-order valence-corrected chi connectivity index (χ3v) is 6.60. The van der Waals surface area contributed by atoms with E-state index >= 15 is 0 Å². The van der Waals surface area contributed by atoms with E-state index in [-0.39, 0.29) is 25.0 Å². The number of nitrogens with one attached hydrogen (secondary N) is 2. The number of amides is 3. The van der Waals surface area contributed by atoms with Crippen LogP contribution in [0.25, 0.3) is 0 Å². The van der Waals surface area contributed by atoms with Crippen molar-refractivity contribution in [3.63, 3.8) is 0 Å². The van der Waals surface area contributed by atoms with E-state index < -0.39 is 22.9 Å². The van der Waals surface area contributed by atoms with Crippen LogP contribution in [0.4, 0.5) is 0 Å². The number of carbonyl (C=O) groups excluding carboxylic acids is 3. The van der Waals surface area contributed by atoms with Crippen LogP contribution in [0.15, 0.2) is 65.8 Å². The molecule has 2 aromatic carbocycles. The Morgan fingerprint density at radius 3 is 2.42 bits per heavy atom. The highest BCUT2D eigenvalue weighted by Gasteiger charge is 2.52. The summed E-state index contributed by atoms with van der Waals surface area (Å²) in [6.07, 6.45) is 0.894. The molecule has 0 aromatic heterocycles. The van der Waals surface area contributed by atoms with Crippen LogP contribution in [0, 0.1) is 5.41 Å². The molecule has 0 spiro atoms. The van der Waals surface area contributed by atoms with Gasteiger partial charge in [-0.3, -0.25) is 14.4 Å². The van der Waals surface area contributed by atoms with Crippen molar-refractivity contribution in [1.82, 2.24) is 15.6 Å². The van der Waals surface area contributed by atoms with Crippen LogP contribution in [0.5, 0.6) is 0 Å². The molecular weight excluding hydrogens is 458 g/mol. The maximum absolute atomic E-state index is 13.7. The van der Waals surface area contributed by atoms with E-state index in [4.69, 9.17) is 10.5 Å². The molecule has 0 unspecified atom stereocenters. The van der Waals surface area contributed by atoms with Crippen LogP contribution in [0.1, 0.15) is 31.4 Å². The average molecular weight is 492 g/mol. The van der Waals surface area contributed by atoms with Crippen molar-refractivity contribution in [2.24, 2.45) is 16.3 Å². The van der Waals surface area contributed by atoms with E-state index in [9.17, 15) is 14.4 Å². The summed E-state index contributed by atoms with van der Waals surface area (Å²) in [5.41, 5.74) is 9.17. The third kappa shape index (κ3) is 5.63. The molecule has 1 fully saturated rings. The predicted molar refractivity (Wildman–Crippen MR) is 136 cm³/mol. The molecule has 2 aromatic rings. The fourth-order valence-electron chi connectivity index (χ4n) is 4.55. The predicted octanol–water partition coefficient (Wildman–Crippen LogP) is 1.37. The van der Waals surface area contributed by atoms with Crippen LogP contribution in [0.3, 0.4) is 0 Å². The second-order valence-corrected chi connectivity index (χ2v) is 10.0. The number of ether oxygens (including phenoxy) is 1. The number of carbonyl (C=O) groups is 3. The lowest BCUT2D eigenvalue weighted by Crippen LogP contribution is -2.61. The Balaban J connectivity index is 1.52. The molecule has 9 heteroatoms. The van der Waals surface area contributed by atoms with E-state index in [0.717, 1.165) is 16.8 Å². The zero-order valence-electron chi connectivity index (χ0n) is 20.7. The number of likely N-dealkylation sites (tertiary alicyclic amines) is 1. The molecule has 4 rings (SSSR count). The number of fused-ring (bicyclic) bond motifs is 1. The van der Waals surface area contributed by atoms with Gasteiger partial charge >= 0.3 is 0 Å². The van der Waals surface area contributed by atoms with Gasteiger partial charge in [0.2, 0.25) is 11.8 Å². The van der Waals surface area contributed by atoms with Gasteiger partial charge in [0.15, 0.2) is 0 Å². The van der Waals surface area contributed by atoms with E-state index in [1.165, 1.54) is 0 Å². The minimum absolute atomic E-state index is 0.0229. The number of hydrogen-bond acceptors (Lipinski definition) is 6. The molecule has 2 aliphatic rings. The van der Waals surface area contributed by atoms with Gasteiger partial charge < -0.3 is 20.7 Å². The number of nitrogens with two attached hydrogens (primary N) is 1. The van der Waals surface area contributed by atoms with Crippen molar-refractivity contribution >= 4 is 23.4 Å². The van der Waals surface area contributed by atoms with Gasteiger partial charge in [-0.05, 0) is 31.4 Å². The number of nitrogens with zero attached hydrogens (tertiary/aromatic N) is 2. The first-order valence-electron chi connectivity index (χ1n) is 12.1. The average Bonchev–Trinajstić information content (AvgIpc) is 3.18. The fourth-order valence-corrected chi connectivity index (χ4v) is 4.55. The van der Waals surface area contributed by atoms with Gasteiger partial charge in [-0.15, -0.1) is 0 Å². The van der Waals surface area contributed by atoms with Gasteiger partial charge in [-0.25, -0.2) is 5.43 Å². The highest BCUT2D eigenvalue weighted by Crippen LogP contribution is 2.35. The lowest BCUT2D eigenvalue weighted by molar-refractivity contribution is -0.142. The Morgan fingerprint density at radius 1 is 1.14 bits per heavy atom. The molecule has 0 aliphatic carbocycles. The molecule has 0 radical (unpaired) electrons. The minimum atomic E-state index is -1.17. The Bertz CT molecular complexity index is 1130. The number of benzene rings is 2. The molecule has 4 N–H and O–H groups in total. The molecule has 0 bridgehead atoms. The fraction of sp³-hybridized carbons (Fsp3) is 0.407. The lowest BCUT2D eigenvalue weighted by atomic mass is 9.73. The zero-order chi connectivity index (χ0) is 25.8. The first-order chi connectivity index (χ1) is 17.2. The van der Waals surface area contributed by atoms with Gasteiger partial charge in [0.25, 0.3) is 5.91 Å². The highest BCUT2D eigenvalue weighted by atomic mass is 16.5. The van der Waals surface area contributed by atoms with E-state index in [0.29, 0.717) is 26.0 Å². The summed E-state index contributed by atoms with van der Waals surface area (Å²) in [4.78, 5) is 41.1. The smallest absolute Gasteiger partial charge is 0.254 e. The molecule has 190 valence electrons. The lowest BCUT2D eigenvalue weighted by Gasteiger charge is -2.40. The first-order valence-corrected chi connectivity index (χ1v) is 12.1. The summed E-state index contributed by atoms with van der Waals surface area (Å²) in [7, 11) is 0. The number of hydrazone groups is 1. The summed E-state index contributed by atoms with van der Waals surface area (Å²) in [5, 5.41) is 7.04. The zero-order valence-corrected chi connectivity index (χ0v) is 20.7. The molecule has 9 nitrogen and oxygen atoms in total. The Hall–Kier alpha value is -3.56. The largest absolute Gasteiger partial charge is 0.374 e. The van der Waals surface area contributed by atoms with Crippen LogP contribution >= 0.6 is 0 Å². The summed E-state index contributed by atoms with van der Waals surface area (Å²) >= 11 is 0. The van der Waals surface area contributed by atoms with Gasteiger partial charge in [-0.1, -0.05) is 60.7 Å². The SMILES string of the molecule is CC(C)(N)C(=O)N[C@H](COCc1ccccc1)C(=O)N1CCC2=NNC(=O)[C@@]2(Cc2ccccc2)C1. The maximum Gasteiger partial charge on any atom is 0.254 e. The van der Waals surface area contributed by atoms with Crippen LogP contribution < -0.4 is 16.5 Å². The van der Waals surface area contributed by atoms with Crippen molar-refractivity contribution < 1.29 is 19.1 Å². The molecule has 3 amide bonds. The maximum atomic E-state index is 13.7. The molecule has 2 heterocycles. The van der Waals surface area contributed by atoms with Crippen LogP contribution in [-0.2, 0) is 32.1 Å². The van der Waals surface area contributed by atoms with Gasteiger partial charge in [0, 0.05) is 19.5 Å². The number of piperidine rings is 1.